The molecule has 0 spiro atoms. The summed E-state index contributed by atoms with van der Waals surface area (Å²) in [5, 5.41) is 11.8. The first-order valence-electron chi connectivity index (χ1n) is 2.82. The van der Waals surface area contributed by atoms with Gasteiger partial charge in [0.15, 0.2) is 12.0 Å². The van der Waals surface area contributed by atoms with Crippen LogP contribution in [-0.2, 0) is 0 Å². The number of fused-ring (bicyclic) bond motifs is 1. The van der Waals surface area contributed by atoms with Gasteiger partial charge in [0.25, 0.3) is 0 Å². The second-order valence-electron chi connectivity index (χ2n) is 1.98. The molecule has 1 aliphatic rings. The molecule has 0 saturated carbocycles. The largest absolute Gasteiger partial charge is 0.220 e. The fourth-order valence-electron chi connectivity index (χ4n) is 0.866. The fraction of sp³-hybridized carbons (Fsp3) is 0.400. The van der Waals surface area contributed by atoms with Gasteiger partial charge in [0.1, 0.15) is 0 Å². The third-order valence-corrected chi connectivity index (χ3v) is 1.33. The molecule has 0 amide bonds. The number of aromatic nitrogens is 2. The molecule has 2 rings (SSSR count). The molecule has 2 heterocycles. The van der Waals surface area contributed by atoms with Crippen molar-refractivity contribution in [1.29, 1.82) is 0 Å². The number of hydrogen-bond acceptors (Lipinski definition) is 3. The summed E-state index contributed by atoms with van der Waals surface area (Å²) >= 11 is 0. The van der Waals surface area contributed by atoms with Gasteiger partial charge in [0.05, 0.1) is 6.20 Å². The van der Waals surface area contributed by atoms with Crippen LogP contribution >= 0.6 is 0 Å². The van der Waals surface area contributed by atoms with Gasteiger partial charge in [-0.3, -0.25) is 0 Å². The van der Waals surface area contributed by atoms with E-state index in [0.29, 0.717) is 0 Å². The van der Waals surface area contributed by atoms with Crippen LogP contribution in [0.15, 0.2) is 22.5 Å². The molecule has 46 valence electrons. The summed E-state index contributed by atoms with van der Waals surface area (Å²) in [6, 6.07) is 1.84. The first-order chi connectivity index (χ1) is 4.38. The predicted molar refractivity (Wildman–Crippen MR) is 31.5 cm³/mol. The normalized spacial score (nSPS) is 22.6. The van der Waals surface area contributed by atoms with E-state index in [1.807, 2.05) is 13.0 Å². The minimum absolute atomic E-state index is 0.0926. The molecular formula is C5H6N4. The number of azo groups is 1. The van der Waals surface area contributed by atoms with E-state index in [2.05, 4.69) is 15.3 Å². The summed E-state index contributed by atoms with van der Waals surface area (Å²) in [5.41, 5.74) is 0. The zero-order valence-corrected chi connectivity index (χ0v) is 5.02. The Morgan fingerprint density at radius 2 is 2.56 bits per heavy atom. The van der Waals surface area contributed by atoms with E-state index in [1.165, 1.54) is 0 Å². The lowest BCUT2D eigenvalue weighted by Gasteiger charge is -1.96. The maximum Gasteiger partial charge on any atom is 0.174 e. The Hall–Kier alpha value is -1.19. The number of nitrogens with zero attached hydrogens (tertiary/aromatic N) is 4. The Morgan fingerprint density at radius 3 is 3.33 bits per heavy atom. The molecule has 1 aromatic rings. The maximum absolute atomic E-state index is 4.01. The maximum atomic E-state index is 4.01. The quantitative estimate of drug-likeness (QED) is 0.514. The summed E-state index contributed by atoms with van der Waals surface area (Å²) in [4.78, 5) is 0. The van der Waals surface area contributed by atoms with Crippen molar-refractivity contribution in [2.75, 3.05) is 0 Å². The third kappa shape index (κ3) is 0.497. The van der Waals surface area contributed by atoms with Gasteiger partial charge in [-0.15, -0.1) is 5.11 Å². The smallest absolute Gasteiger partial charge is 0.174 e. The summed E-state index contributed by atoms with van der Waals surface area (Å²) in [5.74, 6) is 0.850. The molecule has 1 aromatic heterocycles. The summed E-state index contributed by atoms with van der Waals surface area (Å²) in [7, 11) is 0. The Kier molecular flexibility index (Phi) is 0.726. The van der Waals surface area contributed by atoms with Crippen molar-refractivity contribution in [3.8, 4) is 0 Å². The van der Waals surface area contributed by atoms with E-state index >= 15 is 0 Å². The minimum atomic E-state index is 0.0926. The van der Waals surface area contributed by atoms with Crippen LogP contribution in [0.5, 0.6) is 0 Å². The molecule has 4 heteroatoms. The van der Waals surface area contributed by atoms with Crippen LogP contribution in [-0.4, -0.2) is 9.78 Å². The molecule has 0 aliphatic carbocycles. The van der Waals surface area contributed by atoms with Gasteiger partial charge in [0.2, 0.25) is 0 Å². The average Bonchev–Trinajstić information content (AvgIpc) is 2.35. The zero-order chi connectivity index (χ0) is 6.27. The van der Waals surface area contributed by atoms with E-state index in [9.17, 15) is 0 Å². The van der Waals surface area contributed by atoms with Gasteiger partial charge in [-0.1, -0.05) is 0 Å². The van der Waals surface area contributed by atoms with E-state index in [-0.39, 0.29) is 6.17 Å². The van der Waals surface area contributed by atoms with Gasteiger partial charge in [-0.2, -0.15) is 10.2 Å². The van der Waals surface area contributed by atoms with Gasteiger partial charge in [-0.25, -0.2) is 4.68 Å². The van der Waals surface area contributed by atoms with Crippen LogP contribution in [0.1, 0.15) is 13.1 Å². The second-order valence-corrected chi connectivity index (χ2v) is 1.98. The lowest BCUT2D eigenvalue weighted by molar-refractivity contribution is 0.538. The zero-order valence-electron chi connectivity index (χ0n) is 5.02. The van der Waals surface area contributed by atoms with Crippen molar-refractivity contribution in [1.82, 2.24) is 9.78 Å². The van der Waals surface area contributed by atoms with Crippen molar-refractivity contribution in [2.24, 2.45) is 10.2 Å². The molecule has 0 aromatic carbocycles. The summed E-state index contributed by atoms with van der Waals surface area (Å²) in [6.07, 6.45) is 1.82. The molecule has 1 aliphatic heterocycles. The van der Waals surface area contributed by atoms with Gasteiger partial charge >= 0.3 is 0 Å². The number of hydrogen-bond donors (Lipinski definition) is 0. The van der Waals surface area contributed by atoms with Crippen LogP contribution in [0.25, 0.3) is 0 Å². The standard InChI is InChI=1S/C5H6N4/c1-4-7-8-5-2-3-6-9(4)5/h2-4H,1H3. The summed E-state index contributed by atoms with van der Waals surface area (Å²) in [6.45, 7) is 1.95. The Labute approximate surface area is 52.2 Å². The highest BCUT2D eigenvalue weighted by atomic mass is 15.5. The van der Waals surface area contributed by atoms with E-state index in [1.54, 1.807) is 10.9 Å². The van der Waals surface area contributed by atoms with Crippen molar-refractivity contribution in [3.05, 3.63) is 12.3 Å². The van der Waals surface area contributed by atoms with E-state index in [4.69, 9.17) is 0 Å². The van der Waals surface area contributed by atoms with Crippen molar-refractivity contribution in [3.63, 3.8) is 0 Å². The highest BCUT2D eigenvalue weighted by Crippen LogP contribution is 2.25. The fourth-order valence-corrected chi connectivity index (χ4v) is 0.866. The molecule has 0 bridgehead atoms. The Bertz CT molecular complexity index is 249. The molecule has 1 unspecified atom stereocenters. The molecule has 1 atom stereocenters. The van der Waals surface area contributed by atoms with Crippen LogP contribution in [0.3, 0.4) is 0 Å². The van der Waals surface area contributed by atoms with Crippen LogP contribution in [0.2, 0.25) is 0 Å². The van der Waals surface area contributed by atoms with E-state index < -0.39 is 0 Å². The third-order valence-electron chi connectivity index (χ3n) is 1.33. The molecule has 4 nitrogen and oxygen atoms in total. The topological polar surface area (TPSA) is 42.5 Å². The molecule has 0 saturated heterocycles. The minimum Gasteiger partial charge on any atom is -0.220 e. The first-order valence-corrected chi connectivity index (χ1v) is 2.82. The Morgan fingerprint density at radius 1 is 1.67 bits per heavy atom. The SMILES string of the molecule is CC1N=Nc2ccnn21. The monoisotopic (exact) mass is 122 g/mol. The highest BCUT2D eigenvalue weighted by Gasteiger charge is 2.13. The molecule has 0 radical (unpaired) electrons. The van der Waals surface area contributed by atoms with Crippen molar-refractivity contribution >= 4 is 5.82 Å². The lowest BCUT2D eigenvalue weighted by Crippen LogP contribution is -1.97. The van der Waals surface area contributed by atoms with Crippen molar-refractivity contribution < 1.29 is 0 Å². The molecule has 0 fully saturated rings. The van der Waals surface area contributed by atoms with Gasteiger partial charge in [-0.05, 0) is 6.92 Å². The number of rotatable bonds is 0. The van der Waals surface area contributed by atoms with Crippen LogP contribution in [0, 0.1) is 0 Å². The van der Waals surface area contributed by atoms with Gasteiger partial charge in [0, 0.05) is 6.07 Å². The molecule has 9 heavy (non-hydrogen) atoms. The first kappa shape index (κ1) is 4.67. The average molecular weight is 122 g/mol. The van der Waals surface area contributed by atoms with Crippen LogP contribution in [0.4, 0.5) is 5.82 Å². The second kappa shape index (κ2) is 1.40. The Balaban J connectivity index is 2.60. The molecule has 0 N–H and O–H groups in total. The predicted octanol–water partition coefficient (Wildman–Crippen LogP) is 1.50. The van der Waals surface area contributed by atoms with Crippen molar-refractivity contribution in [2.45, 2.75) is 13.1 Å². The van der Waals surface area contributed by atoms with Crippen LogP contribution < -0.4 is 0 Å². The highest BCUT2D eigenvalue weighted by molar-refractivity contribution is 5.26. The van der Waals surface area contributed by atoms with E-state index in [0.717, 1.165) is 5.82 Å². The lowest BCUT2D eigenvalue weighted by atomic mass is 10.6. The molecular weight excluding hydrogens is 116 g/mol. The summed E-state index contributed by atoms with van der Waals surface area (Å²) < 4.78 is 1.78. The van der Waals surface area contributed by atoms with Gasteiger partial charge < -0.3 is 0 Å².